The van der Waals surface area contributed by atoms with E-state index in [0.29, 0.717) is 22.4 Å². The third kappa shape index (κ3) is 4.40. The van der Waals surface area contributed by atoms with E-state index in [-0.39, 0.29) is 11.5 Å². The Bertz CT molecular complexity index is 992. The molecule has 0 fully saturated rings. The van der Waals surface area contributed by atoms with Crippen molar-refractivity contribution in [2.45, 2.75) is 13.0 Å². The van der Waals surface area contributed by atoms with Crippen LogP contribution >= 0.6 is 11.3 Å². The summed E-state index contributed by atoms with van der Waals surface area (Å²) in [5.41, 5.74) is 1.08. The predicted octanol–water partition coefficient (Wildman–Crippen LogP) is 3.08. The first kappa shape index (κ1) is 20.4. The van der Waals surface area contributed by atoms with E-state index in [0.717, 1.165) is 10.2 Å². The number of carbonyl (C=O) groups excluding carboxylic acids is 2. The Morgan fingerprint density at radius 2 is 1.69 bits per heavy atom. The fourth-order valence-electron chi connectivity index (χ4n) is 2.70. The second kappa shape index (κ2) is 8.78. The molecule has 1 aromatic heterocycles. The Morgan fingerprint density at radius 3 is 2.28 bits per heavy atom. The van der Waals surface area contributed by atoms with Gasteiger partial charge in [-0.2, -0.15) is 0 Å². The zero-order chi connectivity index (χ0) is 21.0. The molecule has 2 aromatic carbocycles. The fraction of sp³-hybridized carbons (Fsp3) is 0.250. The number of fused-ring (bicyclic) bond motifs is 1. The Labute approximate surface area is 171 Å². The summed E-state index contributed by atoms with van der Waals surface area (Å²) < 4.78 is 16.7. The summed E-state index contributed by atoms with van der Waals surface area (Å²) in [4.78, 5) is 29.5. The highest BCUT2D eigenvalue weighted by atomic mass is 32.1. The number of ether oxygens (including phenoxy) is 3. The second-order valence-corrected chi connectivity index (χ2v) is 7.12. The molecule has 0 spiro atoms. The van der Waals surface area contributed by atoms with Crippen molar-refractivity contribution in [3.63, 3.8) is 0 Å². The van der Waals surface area contributed by atoms with Crippen molar-refractivity contribution in [3.05, 3.63) is 42.0 Å². The lowest BCUT2D eigenvalue weighted by Gasteiger charge is -2.16. The topological polar surface area (TPSA) is 98.8 Å². The number of benzene rings is 2. The van der Waals surface area contributed by atoms with Crippen LogP contribution in [0.4, 0.5) is 5.13 Å². The van der Waals surface area contributed by atoms with Crippen LogP contribution in [0.15, 0.2) is 36.4 Å². The molecular formula is C20H21N3O5S. The fourth-order valence-corrected chi connectivity index (χ4v) is 3.57. The molecule has 29 heavy (non-hydrogen) atoms. The van der Waals surface area contributed by atoms with E-state index in [1.54, 1.807) is 6.92 Å². The van der Waals surface area contributed by atoms with Gasteiger partial charge in [-0.05, 0) is 31.2 Å². The van der Waals surface area contributed by atoms with Gasteiger partial charge >= 0.3 is 0 Å². The van der Waals surface area contributed by atoms with Crippen molar-refractivity contribution in [3.8, 4) is 17.2 Å². The molecule has 9 heteroatoms. The molecule has 0 aliphatic carbocycles. The van der Waals surface area contributed by atoms with E-state index in [4.69, 9.17) is 14.2 Å². The molecule has 0 bridgehead atoms. The summed E-state index contributed by atoms with van der Waals surface area (Å²) in [5, 5.41) is 5.88. The maximum absolute atomic E-state index is 12.6. The largest absolute Gasteiger partial charge is 0.493 e. The summed E-state index contributed by atoms with van der Waals surface area (Å²) in [6, 6.07) is 9.85. The van der Waals surface area contributed by atoms with Gasteiger partial charge in [0.15, 0.2) is 16.6 Å². The van der Waals surface area contributed by atoms with E-state index >= 15 is 0 Å². The lowest BCUT2D eigenvalue weighted by Crippen LogP contribution is -2.41. The second-order valence-electron chi connectivity index (χ2n) is 6.09. The number of carbonyl (C=O) groups is 2. The standard InChI is InChI=1S/C20H21N3O5S/c1-11(18(24)23-20-22-13-7-5-6-8-16(13)29-20)21-19(25)12-9-14(26-2)17(28-4)15(10-12)27-3/h5-11H,1-4H3,(H,21,25)(H,22,23,24)/t11-/m0/s1. The first-order valence-corrected chi connectivity index (χ1v) is 9.55. The van der Waals surface area contributed by atoms with Crippen LogP contribution in [0.5, 0.6) is 17.2 Å². The van der Waals surface area contributed by atoms with Crippen molar-refractivity contribution in [2.75, 3.05) is 26.6 Å². The van der Waals surface area contributed by atoms with Gasteiger partial charge in [0, 0.05) is 5.56 Å². The predicted molar refractivity (Wildman–Crippen MR) is 111 cm³/mol. The zero-order valence-electron chi connectivity index (χ0n) is 16.4. The maximum Gasteiger partial charge on any atom is 0.252 e. The minimum atomic E-state index is -0.784. The highest BCUT2D eigenvalue weighted by Crippen LogP contribution is 2.38. The molecule has 2 N–H and O–H groups in total. The molecule has 8 nitrogen and oxygen atoms in total. The van der Waals surface area contributed by atoms with Crippen molar-refractivity contribution in [1.29, 1.82) is 0 Å². The molecule has 1 atom stereocenters. The van der Waals surface area contributed by atoms with E-state index in [2.05, 4.69) is 15.6 Å². The number of nitrogens with zero attached hydrogens (tertiary/aromatic N) is 1. The van der Waals surface area contributed by atoms with Gasteiger partial charge in [0.25, 0.3) is 5.91 Å². The Kier molecular flexibility index (Phi) is 6.18. The highest BCUT2D eigenvalue weighted by Gasteiger charge is 2.21. The molecule has 3 aromatic rings. The first-order chi connectivity index (χ1) is 14.0. The Hall–Kier alpha value is -3.33. The van der Waals surface area contributed by atoms with Gasteiger partial charge in [0.2, 0.25) is 11.7 Å². The summed E-state index contributed by atoms with van der Waals surface area (Å²) in [6.07, 6.45) is 0. The molecule has 0 aliphatic rings. The van der Waals surface area contributed by atoms with Gasteiger partial charge in [-0.15, -0.1) is 0 Å². The maximum atomic E-state index is 12.6. The highest BCUT2D eigenvalue weighted by molar-refractivity contribution is 7.22. The SMILES string of the molecule is COc1cc(C(=O)N[C@@H](C)C(=O)Nc2nc3ccccc3s2)cc(OC)c1OC. The number of amides is 2. The summed E-state index contributed by atoms with van der Waals surface area (Å²) in [5.74, 6) is 0.265. The van der Waals surface area contributed by atoms with Crippen LogP contribution in [0.2, 0.25) is 0 Å². The quantitative estimate of drug-likeness (QED) is 0.615. The van der Waals surface area contributed by atoms with Gasteiger partial charge in [0.1, 0.15) is 6.04 Å². The lowest BCUT2D eigenvalue weighted by atomic mass is 10.1. The molecule has 0 saturated heterocycles. The third-order valence-electron chi connectivity index (χ3n) is 4.19. The smallest absolute Gasteiger partial charge is 0.252 e. The molecule has 2 amide bonds. The first-order valence-electron chi connectivity index (χ1n) is 8.74. The van der Waals surface area contributed by atoms with Crippen molar-refractivity contribution in [2.24, 2.45) is 0 Å². The number of rotatable bonds is 7. The number of thiazole rings is 1. The number of para-hydroxylation sites is 1. The Morgan fingerprint density at radius 1 is 1.03 bits per heavy atom. The summed E-state index contributed by atoms with van der Waals surface area (Å²) >= 11 is 1.37. The van der Waals surface area contributed by atoms with Crippen LogP contribution in [0, 0.1) is 0 Å². The molecule has 0 aliphatic heterocycles. The van der Waals surface area contributed by atoms with E-state index in [1.807, 2.05) is 24.3 Å². The molecule has 0 saturated carbocycles. The van der Waals surface area contributed by atoms with Gasteiger partial charge in [-0.1, -0.05) is 23.5 Å². The van der Waals surface area contributed by atoms with E-state index in [1.165, 1.54) is 44.8 Å². The number of aromatic nitrogens is 1. The van der Waals surface area contributed by atoms with Crippen LogP contribution < -0.4 is 24.8 Å². The van der Waals surface area contributed by atoms with Crippen LogP contribution in [-0.2, 0) is 4.79 Å². The molecule has 0 radical (unpaired) electrons. The average Bonchev–Trinajstić information content (AvgIpc) is 3.14. The summed E-state index contributed by atoms with van der Waals surface area (Å²) in [6.45, 7) is 1.60. The third-order valence-corrected chi connectivity index (χ3v) is 5.14. The van der Waals surface area contributed by atoms with E-state index in [9.17, 15) is 9.59 Å². The molecule has 1 heterocycles. The van der Waals surface area contributed by atoms with Crippen LogP contribution in [0.25, 0.3) is 10.2 Å². The number of anilines is 1. The molecule has 152 valence electrons. The van der Waals surface area contributed by atoms with Crippen LogP contribution in [0.1, 0.15) is 17.3 Å². The monoisotopic (exact) mass is 415 g/mol. The minimum Gasteiger partial charge on any atom is -0.493 e. The number of nitrogens with one attached hydrogen (secondary N) is 2. The number of hydrogen-bond acceptors (Lipinski definition) is 7. The molecule has 0 unspecified atom stereocenters. The molecule has 3 rings (SSSR count). The van der Waals surface area contributed by atoms with Gasteiger partial charge in [-0.3, -0.25) is 9.59 Å². The van der Waals surface area contributed by atoms with Crippen molar-refractivity contribution in [1.82, 2.24) is 10.3 Å². The minimum absolute atomic E-state index is 0.277. The van der Waals surface area contributed by atoms with Crippen LogP contribution in [-0.4, -0.2) is 44.2 Å². The van der Waals surface area contributed by atoms with Crippen LogP contribution in [0.3, 0.4) is 0 Å². The van der Waals surface area contributed by atoms with E-state index < -0.39 is 11.9 Å². The number of hydrogen-bond donors (Lipinski definition) is 2. The van der Waals surface area contributed by atoms with Crippen molar-refractivity contribution < 1.29 is 23.8 Å². The van der Waals surface area contributed by atoms with Gasteiger partial charge < -0.3 is 24.8 Å². The average molecular weight is 415 g/mol. The normalized spacial score (nSPS) is 11.6. The van der Waals surface area contributed by atoms with Crippen molar-refractivity contribution >= 4 is 38.5 Å². The summed E-state index contributed by atoms with van der Waals surface area (Å²) in [7, 11) is 4.41. The molecular weight excluding hydrogens is 394 g/mol. The van der Waals surface area contributed by atoms with Gasteiger partial charge in [-0.25, -0.2) is 4.98 Å². The lowest BCUT2D eigenvalue weighted by molar-refractivity contribution is -0.117. The number of methoxy groups -OCH3 is 3. The van der Waals surface area contributed by atoms with Gasteiger partial charge in [0.05, 0.1) is 31.5 Å². The Balaban J connectivity index is 1.71. The zero-order valence-corrected chi connectivity index (χ0v) is 17.3.